The van der Waals surface area contributed by atoms with Gasteiger partial charge in [-0.1, -0.05) is 181 Å². The number of halogens is 4. The van der Waals surface area contributed by atoms with E-state index < -0.39 is 55.4 Å². The first-order chi connectivity index (χ1) is 43.9. The van der Waals surface area contributed by atoms with Crippen LogP contribution in [0.15, 0.2) is 232 Å². The van der Waals surface area contributed by atoms with Crippen LogP contribution in [0.25, 0.3) is 11.1 Å². The van der Waals surface area contributed by atoms with Crippen LogP contribution in [0.3, 0.4) is 0 Å². The quantitative estimate of drug-likeness (QED) is 0.0200. The Bertz CT molecular complexity index is 3820. The van der Waals surface area contributed by atoms with Crippen LogP contribution >= 0.6 is 0 Å². The zero-order valence-corrected chi connectivity index (χ0v) is 54.9. The fraction of sp³-hybridized carbons (Fsp3) is 0.263. The molecule has 0 spiro atoms. The van der Waals surface area contributed by atoms with Gasteiger partial charge in [0, 0.05) is 0 Å². The maximum absolute atomic E-state index is 13.6. The SMILES string of the molecule is CC1Oc2ccccc2C(=O)C1C.CCC(C)(C)C(=O)Oc1c(F)c(F)c(S(=O)(=O)[O-])c(F)c1F.CCC(C)c1ccc(O)cc1.CCC(C)c1ccc(OC(C)OC2c3ccccc3-c3ccccc32)cc1.c1ccc([S+](c2ccccc2)c2ccccc2)cc1. The van der Waals surface area contributed by atoms with Gasteiger partial charge >= 0.3 is 5.97 Å². The smallest absolute Gasteiger partial charge is 0.317 e. The zero-order valence-electron chi connectivity index (χ0n) is 53.2. The number of phenols is 1. The summed E-state index contributed by atoms with van der Waals surface area (Å²) in [5.41, 5.74) is 7.07. The summed E-state index contributed by atoms with van der Waals surface area (Å²) in [6.45, 7) is 18.9. The molecule has 0 bridgehead atoms. The number of Topliss-reactive ketones (excluding diaryl/α,β-unsaturated/α-hetero) is 1. The first-order valence-corrected chi connectivity index (χ1v) is 33.2. The first kappa shape index (κ1) is 70.9. The van der Waals surface area contributed by atoms with E-state index in [4.69, 9.17) is 19.3 Å². The number of phenolic OH excluding ortho intramolecular Hbond substituents is 1. The van der Waals surface area contributed by atoms with Crippen molar-refractivity contribution in [1.82, 2.24) is 0 Å². The lowest BCUT2D eigenvalue weighted by Gasteiger charge is -2.27. The Kier molecular flexibility index (Phi) is 25.2. The number of esters is 1. The Labute approximate surface area is 541 Å². The van der Waals surface area contributed by atoms with Gasteiger partial charge in [0.1, 0.15) is 44.5 Å². The zero-order chi connectivity index (χ0) is 66.9. The standard InChI is InChI=1S/C25H26O2.C18H15S.C12H12F4O5S.C11H12O2.C10H14O/c1-4-17(2)19-13-15-20(16-14-19)26-18(3)27-25-23-11-7-5-9-21(23)22-10-6-8-12-24(22)25;1-4-10-16(11-5-1)19(17-12-6-2-7-13-17)18-14-8-3-9-15-18;1-4-12(2,3)11(17)21-9-5(13)7(15)10(22(18,19)20)8(16)6(9)14;1-7-8(2)13-10-6-4-3-5-9(10)11(7)12;1-3-8(2)9-4-6-10(11)7-5-9/h5-18,25H,4H2,1-3H3;1-15H;4H2,1-3H3,(H,18,19,20);3-8H,1-2H3;4-8,11H,3H2,1-2H3/q;+1;;;/p-1. The van der Waals surface area contributed by atoms with Crippen LogP contribution in [0.1, 0.15) is 139 Å². The molecule has 0 radical (unpaired) electrons. The molecule has 0 fully saturated rings. The molecule has 2 aliphatic rings. The van der Waals surface area contributed by atoms with Crippen molar-refractivity contribution < 1.29 is 64.2 Å². The molecular formula is C76H78F4O10S2. The van der Waals surface area contributed by atoms with Gasteiger partial charge in [-0.05, 0) is 165 Å². The van der Waals surface area contributed by atoms with Crippen LogP contribution in [0.2, 0.25) is 0 Å². The van der Waals surface area contributed by atoms with Crippen LogP contribution < -0.4 is 14.2 Å². The molecular weight excluding hydrogens is 1210 g/mol. The Morgan fingerprint density at radius 1 is 0.587 bits per heavy atom. The number of rotatable bonds is 15. The maximum Gasteiger partial charge on any atom is 0.317 e. The van der Waals surface area contributed by atoms with E-state index in [1.807, 2.05) is 69.3 Å². The minimum atomic E-state index is -5.81. The van der Waals surface area contributed by atoms with E-state index in [1.165, 1.54) is 61.9 Å². The fourth-order valence-electron chi connectivity index (χ4n) is 9.70. The molecule has 0 aromatic heterocycles. The summed E-state index contributed by atoms with van der Waals surface area (Å²) in [5.74, 6) is -9.18. The molecule has 1 aliphatic carbocycles. The highest BCUT2D eigenvalue weighted by atomic mass is 32.2. The highest BCUT2D eigenvalue weighted by Gasteiger charge is 2.36. The fourth-order valence-corrected chi connectivity index (χ4v) is 12.4. The molecule has 1 heterocycles. The first-order valence-electron chi connectivity index (χ1n) is 30.5. The minimum absolute atomic E-state index is 0.0117. The average molecular weight is 1290 g/mol. The number of para-hydroxylation sites is 1. The van der Waals surface area contributed by atoms with E-state index >= 15 is 0 Å². The molecule has 0 saturated carbocycles. The molecule has 482 valence electrons. The van der Waals surface area contributed by atoms with Crippen molar-refractivity contribution in [3.63, 3.8) is 0 Å². The van der Waals surface area contributed by atoms with E-state index in [2.05, 4.69) is 184 Å². The number of aromatic hydroxyl groups is 1. The van der Waals surface area contributed by atoms with Gasteiger partial charge in [0.05, 0.1) is 27.8 Å². The van der Waals surface area contributed by atoms with Gasteiger partial charge in [-0.2, -0.15) is 8.78 Å². The van der Waals surface area contributed by atoms with Crippen LogP contribution in [-0.2, 0) is 30.5 Å². The molecule has 1 aliphatic heterocycles. The third kappa shape index (κ3) is 17.9. The highest BCUT2D eigenvalue weighted by Crippen LogP contribution is 2.46. The number of benzene rings is 9. The molecule has 5 atom stereocenters. The number of ketones is 1. The molecule has 1 N–H and O–H groups in total. The molecule has 92 heavy (non-hydrogen) atoms. The number of carbonyl (C=O) groups is 2. The van der Waals surface area contributed by atoms with Crippen LogP contribution in [-0.4, -0.2) is 42.2 Å². The topological polar surface area (TPSA) is 148 Å². The lowest BCUT2D eigenvalue weighted by Crippen LogP contribution is -2.33. The summed E-state index contributed by atoms with van der Waals surface area (Å²) in [4.78, 5) is 25.2. The van der Waals surface area contributed by atoms with Gasteiger partial charge < -0.3 is 28.6 Å². The molecule has 16 heteroatoms. The molecule has 0 saturated heterocycles. The molecule has 9 aromatic rings. The van der Waals surface area contributed by atoms with Crippen LogP contribution in [0, 0.1) is 34.6 Å². The van der Waals surface area contributed by atoms with E-state index in [1.54, 1.807) is 19.1 Å². The normalized spacial score (nSPS) is 14.8. The molecule has 0 amide bonds. The third-order valence-electron chi connectivity index (χ3n) is 16.1. The van der Waals surface area contributed by atoms with E-state index in [-0.39, 0.29) is 47.5 Å². The van der Waals surface area contributed by atoms with E-state index in [0.29, 0.717) is 23.1 Å². The summed E-state index contributed by atoms with van der Waals surface area (Å²) in [6.07, 6.45) is 2.02. The van der Waals surface area contributed by atoms with E-state index in [0.717, 1.165) is 24.3 Å². The molecule has 9 aromatic carbocycles. The second kappa shape index (κ2) is 32.6. The summed E-state index contributed by atoms with van der Waals surface area (Å²) >= 11 is 0. The second-order valence-electron chi connectivity index (χ2n) is 22.9. The Morgan fingerprint density at radius 2 is 0.989 bits per heavy atom. The lowest BCUT2D eigenvalue weighted by molar-refractivity contribution is -0.144. The predicted octanol–water partition coefficient (Wildman–Crippen LogP) is 19.2. The summed E-state index contributed by atoms with van der Waals surface area (Å²) in [7, 11) is -5.82. The van der Waals surface area contributed by atoms with Crippen LogP contribution in [0.4, 0.5) is 17.6 Å². The van der Waals surface area contributed by atoms with Gasteiger partial charge in [-0.15, -0.1) is 0 Å². The number of hydrogen-bond acceptors (Lipinski definition) is 10. The van der Waals surface area contributed by atoms with E-state index in [9.17, 15) is 40.1 Å². The summed E-state index contributed by atoms with van der Waals surface area (Å²) < 4.78 is 108. The summed E-state index contributed by atoms with van der Waals surface area (Å²) in [6, 6.07) is 72.3. The van der Waals surface area contributed by atoms with Crippen molar-refractivity contribution in [3.8, 4) is 34.1 Å². The Morgan fingerprint density at radius 3 is 1.41 bits per heavy atom. The minimum Gasteiger partial charge on any atom is -0.744 e. The van der Waals surface area contributed by atoms with Gasteiger partial charge in [0.25, 0.3) is 0 Å². The second-order valence-corrected chi connectivity index (χ2v) is 26.2. The highest BCUT2D eigenvalue weighted by molar-refractivity contribution is 7.97. The number of ether oxygens (including phenoxy) is 4. The van der Waals surface area contributed by atoms with Gasteiger partial charge in [0.15, 0.2) is 38.4 Å². The third-order valence-corrected chi connectivity index (χ3v) is 19.2. The van der Waals surface area contributed by atoms with Crippen molar-refractivity contribution in [2.45, 2.75) is 138 Å². The van der Waals surface area contributed by atoms with Gasteiger partial charge in [-0.25, -0.2) is 17.2 Å². The molecule has 10 nitrogen and oxygen atoms in total. The van der Waals surface area contributed by atoms with Gasteiger partial charge in [-0.3, -0.25) is 9.59 Å². The monoisotopic (exact) mass is 1290 g/mol. The predicted molar refractivity (Wildman–Crippen MR) is 352 cm³/mol. The van der Waals surface area contributed by atoms with Crippen molar-refractivity contribution >= 4 is 32.8 Å². The maximum atomic E-state index is 13.6. The van der Waals surface area contributed by atoms with Crippen molar-refractivity contribution in [2.75, 3.05) is 0 Å². The van der Waals surface area contributed by atoms with Gasteiger partial charge in [0.2, 0.25) is 17.4 Å². The summed E-state index contributed by atoms with van der Waals surface area (Å²) in [5, 5.41) is 9.01. The number of carbonyl (C=O) groups excluding carboxylic acids is 2. The van der Waals surface area contributed by atoms with Crippen molar-refractivity contribution in [1.29, 1.82) is 0 Å². The number of hydrogen-bond donors (Lipinski definition) is 1. The lowest BCUT2D eigenvalue weighted by atomic mass is 9.91. The Balaban J connectivity index is 0.000000169. The van der Waals surface area contributed by atoms with Crippen molar-refractivity contribution in [3.05, 3.63) is 263 Å². The van der Waals surface area contributed by atoms with Crippen LogP contribution in [0.5, 0.6) is 23.0 Å². The largest absolute Gasteiger partial charge is 0.744 e. The molecule has 5 unspecified atom stereocenters. The number of fused-ring (bicyclic) bond motifs is 4. The molecule has 11 rings (SSSR count). The average Bonchev–Trinajstić information content (AvgIpc) is 1.25. The Hall–Kier alpha value is -8.54. The van der Waals surface area contributed by atoms with Crippen molar-refractivity contribution in [2.24, 2.45) is 11.3 Å².